The highest BCUT2D eigenvalue weighted by Crippen LogP contribution is 2.37. The van der Waals surface area contributed by atoms with E-state index < -0.39 is 17.6 Å². The number of nitrogens with zero attached hydrogens (tertiary/aromatic N) is 2. The maximum atomic E-state index is 13.3. The standard InChI is InChI=1S/C25H26F3N3O2S/c1-2-33-22-9-5-4-8-19(22)24-29-18(16-34-24)15-23(32)30-20-14-17(25(26,27)28)10-11-21(20)31-12-6-3-7-13-31/h4-5,8-11,14,16H,2-3,6-7,12-13,15H2,1H3,(H,30,32). The van der Waals surface area contributed by atoms with Crippen LogP contribution in [0.5, 0.6) is 5.75 Å². The van der Waals surface area contributed by atoms with Gasteiger partial charge in [0.25, 0.3) is 0 Å². The number of hydrogen-bond acceptors (Lipinski definition) is 5. The van der Waals surface area contributed by atoms with Gasteiger partial charge >= 0.3 is 6.18 Å². The molecule has 0 bridgehead atoms. The Balaban J connectivity index is 1.53. The predicted molar refractivity (Wildman–Crippen MR) is 129 cm³/mol. The van der Waals surface area contributed by atoms with Gasteiger partial charge in [-0.05, 0) is 56.5 Å². The van der Waals surface area contributed by atoms with Gasteiger partial charge in [0.1, 0.15) is 10.8 Å². The highest BCUT2D eigenvalue weighted by molar-refractivity contribution is 7.13. The lowest BCUT2D eigenvalue weighted by Crippen LogP contribution is -2.30. The lowest BCUT2D eigenvalue weighted by atomic mass is 10.1. The van der Waals surface area contributed by atoms with E-state index in [-0.39, 0.29) is 12.1 Å². The van der Waals surface area contributed by atoms with Gasteiger partial charge in [0, 0.05) is 18.5 Å². The Hall–Kier alpha value is -3.07. The number of amides is 1. The number of carbonyl (C=O) groups is 1. The number of halogens is 3. The van der Waals surface area contributed by atoms with Gasteiger partial charge in [-0.3, -0.25) is 4.79 Å². The zero-order valence-corrected chi connectivity index (χ0v) is 19.6. The molecule has 3 aromatic rings. The second-order valence-electron chi connectivity index (χ2n) is 8.08. The molecule has 0 radical (unpaired) electrons. The number of anilines is 2. The van der Waals surface area contributed by atoms with Crippen LogP contribution in [-0.2, 0) is 17.4 Å². The summed E-state index contributed by atoms with van der Waals surface area (Å²) in [6.45, 7) is 3.93. The number of rotatable bonds is 7. The van der Waals surface area contributed by atoms with Gasteiger partial charge in [-0.25, -0.2) is 4.98 Å². The lowest BCUT2D eigenvalue weighted by molar-refractivity contribution is -0.137. The molecule has 4 rings (SSSR count). The summed E-state index contributed by atoms with van der Waals surface area (Å²) in [7, 11) is 0. The monoisotopic (exact) mass is 489 g/mol. The van der Waals surface area contributed by atoms with Crippen LogP contribution in [-0.4, -0.2) is 30.6 Å². The van der Waals surface area contributed by atoms with Crippen LogP contribution in [0.2, 0.25) is 0 Å². The first-order chi connectivity index (χ1) is 16.3. The SMILES string of the molecule is CCOc1ccccc1-c1nc(CC(=O)Nc2cc(C(F)(F)F)ccc2N2CCCCC2)cs1. The number of alkyl halides is 3. The maximum absolute atomic E-state index is 13.3. The molecule has 1 N–H and O–H groups in total. The van der Waals surface area contributed by atoms with E-state index in [1.165, 1.54) is 17.4 Å². The van der Waals surface area contributed by atoms with Gasteiger partial charge in [0.15, 0.2) is 0 Å². The Kier molecular flexibility index (Phi) is 7.41. The van der Waals surface area contributed by atoms with Crippen molar-refractivity contribution in [1.82, 2.24) is 4.98 Å². The number of piperidine rings is 1. The minimum Gasteiger partial charge on any atom is -0.493 e. The molecule has 0 aliphatic carbocycles. The number of ether oxygens (including phenoxy) is 1. The number of nitrogens with one attached hydrogen (secondary N) is 1. The van der Waals surface area contributed by atoms with Crippen LogP contribution >= 0.6 is 11.3 Å². The topological polar surface area (TPSA) is 54.5 Å². The number of thiazole rings is 1. The van der Waals surface area contributed by atoms with Crippen molar-refractivity contribution in [2.75, 3.05) is 29.9 Å². The second-order valence-corrected chi connectivity index (χ2v) is 8.93. The van der Waals surface area contributed by atoms with E-state index in [4.69, 9.17) is 4.74 Å². The van der Waals surface area contributed by atoms with Crippen molar-refractivity contribution in [2.24, 2.45) is 0 Å². The van der Waals surface area contributed by atoms with Crippen LogP contribution < -0.4 is 15.0 Å². The number of aromatic nitrogens is 1. The molecule has 9 heteroatoms. The van der Waals surface area contributed by atoms with Crippen molar-refractivity contribution in [3.05, 3.63) is 59.1 Å². The highest BCUT2D eigenvalue weighted by Gasteiger charge is 2.32. The summed E-state index contributed by atoms with van der Waals surface area (Å²) >= 11 is 1.39. The molecule has 2 aromatic carbocycles. The normalized spacial score (nSPS) is 14.2. The second kappa shape index (κ2) is 10.5. The third-order valence-electron chi connectivity index (χ3n) is 5.61. The molecule has 1 fully saturated rings. The Labute approximate surface area is 200 Å². The molecule has 5 nitrogen and oxygen atoms in total. The van der Waals surface area contributed by atoms with Gasteiger partial charge in [-0.15, -0.1) is 11.3 Å². The third kappa shape index (κ3) is 5.70. The molecule has 1 saturated heterocycles. The summed E-state index contributed by atoms with van der Waals surface area (Å²) < 4.78 is 45.7. The molecule has 180 valence electrons. The number of benzene rings is 2. The molecular formula is C25H26F3N3O2S. The first-order valence-corrected chi connectivity index (χ1v) is 12.2. The fourth-order valence-electron chi connectivity index (χ4n) is 4.02. The number of carbonyl (C=O) groups excluding carboxylic acids is 1. The largest absolute Gasteiger partial charge is 0.493 e. The Morgan fingerprint density at radius 1 is 1.15 bits per heavy atom. The van der Waals surface area contributed by atoms with E-state index in [0.29, 0.717) is 23.7 Å². The van der Waals surface area contributed by atoms with Gasteiger partial charge in [-0.2, -0.15) is 13.2 Å². The Morgan fingerprint density at radius 3 is 2.65 bits per heavy atom. The first kappa shape index (κ1) is 24.1. The van der Waals surface area contributed by atoms with Crippen molar-refractivity contribution in [3.8, 4) is 16.3 Å². The van der Waals surface area contributed by atoms with Crippen LogP contribution in [0.3, 0.4) is 0 Å². The maximum Gasteiger partial charge on any atom is 0.416 e. The van der Waals surface area contributed by atoms with E-state index in [1.807, 2.05) is 36.1 Å². The van der Waals surface area contributed by atoms with Crippen LogP contribution in [0, 0.1) is 0 Å². The van der Waals surface area contributed by atoms with Crippen LogP contribution in [0.15, 0.2) is 47.8 Å². The fourth-order valence-corrected chi connectivity index (χ4v) is 4.87. The summed E-state index contributed by atoms with van der Waals surface area (Å²) in [6.07, 6.45) is -1.49. The van der Waals surface area contributed by atoms with Crippen LogP contribution in [0.4, 0.5) is 24.5 Å². The van der Waals surface area contributed by atoms with Crippen molar-refractivity contribution >= 4 is 28.6 Å². The van der Waals surface area contributed by atoms with Gasteiger partial charge in [0.05, 0.1) is 41.2 Å². The molecular weight excluding hydrogens is 463 g/mol. The van der Waals surface area contributed by atoms with Gasteiger partial charge in [-0.1, -0.05) is 12.1 Å². The van der Waals surface area contributed by atoms with E-state index in [9.17, 15) is 18.0 Å². The summed E-state index contributed by atoms with van der Waals surface area (Å²) in [6, 6.07) is 11.1. The van der Waals surface area contributed by atoms with Crippen LogP contribution in [0.25, 0.3) is 10.6 Å². The quantitative estimate of drug-likeness (QED) is 0.417. The fraction of sp³-hybridized carbons (Fsp3) is 0.360. The van der Waals surface area contributed by atoms with Crippen molar-refractivity contribution < 1.29 is 22.7 Å². The van der Waals surface area contributed by atoms with Gasteiger partial charge < -0.3 is 15.0 Å². The van der Waals surface area contributed by atoms with E-state index in [2.05, 4.69) is 10.3 Å². The average Bonchev–Trinajstić information content (AvgIpc) is 3.27. The third-order valence-corrected chi connectivity index (χ3v) is 6.53. The first-order valence-electron chi connectivity index (χ1n) is 11.3. The van der Waals surface area contributed by atoms with Gasteiger partial charge in [0.2, 0.25) is 5.91 Å². The van der Waals surface area contributed by atoms with Crippen molar-refractivity contribution in [1.29, 1.82) is 0 Å². The molecule has 0 atom stereocenters. The number of hydrogen-bond donors (Lipinski definition) is 1. The zero-order valence-electron chi connectivity index (χ0n) is 18.8. The average molecular weight is 490 g/mol. The molecule has 2 heterocycles. The molecule has 0 spiro atoms. The summed E-state index contributed by atoms with van der Waals surface area (Å²) in [5.41, 5.74) is 1.40. The van der Waals surface area contributed by atoms with Crippen molar-refractivity contribution in [2.45, 2.75) is 38.8 Å². The lowest BCUT2D eigenvalue weighted by Gasteiger charge is -2.31. The highest BCUT2D eigenvalue weighted by atomic mass is 32.1. The molecule has 1 aliphatic rings. The smallest absolute Gasteiger partial charge is 0.416 e. The molecule has 0 saturated carbocycles. The van der Waals surface area contributed by atoms with E-state index in [0.717, 1.165) is 55.1 Å². The summed E-state index contributed by atoms with van der Waals surface area (Å²) in [5.74, 6) is 0.304. The van der Waals surface area contributed by atoms with Crippen molar-refractivity contribution in [3.63, 3.8) is 0 Å². The summed E-state index contributed by atoms with van der Waals surface area (Å²) in [4.78, 5) is 19.4. The minimum absolute atomic E-state index is 0.0387. The molecule has 1 aromatic heterocycles. The molecule has 34 heavy (non-hydrogen) atoms. The Morgan fingerprint density at radius 2 is 1.91 bits per heavy atom. The predicted octanol–water partition coefficient (Wildman–Crippen LogP) is 6.40. The minimum atomic E-state index is -4.49. The summed E-state index contributed by atoms with van der Waals surface area (Å²) in [5, 5.41) is 5.22. The number of para-hydroxylation sites is 1. The zero-order chi connectivity index (χ0) is 24.1. The van der Waals surface area contributed by atoms with E-state index >= 15 is 0 Å². The molecule has 1 aliphatic heterocycles. The Bertz CT molecular complexity index is 1140. The molecule has 1 amide bonds. The van der Waals surface area contributed by atoms with Crippen LogP contribution in [0.1, 0.15) is 37.4 Å². The molecule has 0 unspecified atom stereocenters. The van der Waals surface area contributed by atoms with E-state index in [1.54, 1.807) is 5.38 Å².